The van der Waals surface area contributed by atoms with E-state index in [-0.39, 0.29) is 16.7 Å². The van der Waals surface area contributed by atoms with Gasteiger partial charge in [0.25, 0.3) is 5.91 Å². The number of imide groups is 1. The van der Waals surface area contributed by atoms with Crippen molar-refractivity contribution >= 4 is 23.6 Å². The second kappa shape index (κ2) is 9.57. The summed E-state index contributed by atoms with van der Waals surface area (Å²) in [5, 5.41) is 6.60. The van der Waals surface area contributed by atoms with E-state index in [4.69, 9.17) is 0 Å². The first-order chi connectivity index (χ1) is 18.8. The van der Waals surface area contributed by atoms with E-state index in [1.54, 1.807) is 42.3 Å². The number of hydrogen-bond acceptors (Lipinski definition) is 5. The largest absolute Gasteiger partial charge is 0.408 e. The van der Waals surface area contributed by atoms with Crippen LogP contribution in [0.25, 0.3) is 11.1 Å². The van der Waals surface area contributed by atoms with Gasteiger partial charge in [0, 0.05) is 37.3 Å². The summed E-state index contributed by atoms with van der Waals surface area (Å²) >= 11 is 0. The second-order valence-electron chi connectivity index (χ2n) is 9.86. The predicted molar refractivity (Wildman–Crippen MR) is 132 cm³/mol. The summed E-state index contributed by atoms with van der Waals surface area (Å²) < 4.78 is 55.8. The monoisotopic (exact) mass is 557 g/mol. The minimum atomic E-state index is -4.81. The second-order valence-corrected chi connectivity index (χ2v) is 9.86. The number of carbonyl (C=O) groups excluding carboxylic acids is 4. The van der Waals surface area contributed by atoms with E-state index in [1.807, 2.05) is 0 Å². The highest BCUT2D eigenvalue weighted by Gasteiger charge is 2.58. The van der Waals surface area contributed by atoms with Crippen LogP contribution in [0.4, 0.5) is 22.4 Å². The number of halogens is 4. The average molecular weight is 558 g/mol. The summed E-state index contributed by atoms with van der Waals surface area (Å²) in [4.78, 5) is 53.6. The van der Waals surface area contributed by atoms with Crippen LogP contribution < -0.4 is 5.32 Å². The summed E-state index contributed by atoms with van der Waals surface area (Å²) in [5.41, 5.74) is 0.303. The Kier molecular flexibility index (Phi) is 6.47. The number of alkyl halides is 3. The van der Waals surface area contributed by atoms with Gasteiger partial charge in [-0.15, -0.1) is 0 Å². The fraction of sp³-hybridized carbons (Fsp3) is 0.296. The number of nitrogens with one attached hydrogen (secondary N) is 1. The van der Waals surface area contributed by atoms with E-state index in [0.717, 1.165) is 24.6 Å². The normalized spacial score (nSPS) is 19.2. The zero-order valence-corrected chi connectivity index (χ0v) is 21.3. The molecule has 13 heteroatoms. The molecule has 1 N–H and O–H groups in total. The lowest BCUT2D eigenvalue weighted by atomic mass is 9.90. The molecule has 2 heterocycles. The highest BCUT2D eigenvalue weighted by atomic mass is 19.4. The molecule has 1 aliphatic carbocycles. The molecule has 208 valence electrons. The van der Waals surface area contributed by atoms with E-state index >= 15 is 0 Å². The van der Waals surface area contributed by atoms with E-state index < -0.39 is 66.7 Å². The molecule has 9 nitrogen and oxygen atoms in total. The first-order valence-corrected chi connectivity index (χ1v) is 12.2. The molecule has 2 aliphatic rings. The zero-order chi connectivity index (χ0) is 29.0. The lowest BCUT2D eigenvalue weighted by Gasteiger charge is -2.32. The van der Waals surface area contributed by atoms with Crippen LogP contribution in [-0.4, -0.2) is 62.0 Å². The van der Waals surface area contributed by atoms with Crippen LogP contribution >= 0.6 is 0 Å². The van der Waals surface area contributed by atoms with Gasteiger partial charge in [0.1, 0.15) is 18.4 Å². The van der Waals surface area contributed by atoms with Crippen LogP contribution in [0.2, 0.25) is 0 Å². The minimum absolute atomic E-state index is 0.215. The molecular weight excluding hydrogens is 534 g/mol. The summed E-state index contributed by atoms with van der Waals surface area (Å²) in [7, 11) is 1.73. The number of amides is 4. The number of carbonyl (C=O) groups is 4. The number of ketones is 1. The van der Waals surface area contributed by atoms with Gasteiger partial charge in [-0.3, -0.25) is 24.0 Å². The SMILES string of the molecule is CC(N(Cc1ccc(F)cc1)C(=O)CN1C(=O)NC2(CC(=O)c3cc(-c4cnn(C)c4)ccc32)C1=O)C(F)(F)F. The predicted octanol–water partition coefficient (Wildman–Crippen LogP) is 3.54. The molecule has 2 aromatic carbocycles. The maximum atomic E-state index is 13.6. The zero-order valence-electron chi connectivity index (χ0n) is 21.3. The Morgan fingerprint density at radius 1 is 1.12 bits per heavy atom. The Morgan fingerprint density at radius 3 is 2.45 bits per heavy atom. The molecule has 2 unspecified atom stereocenters. The van der Waals surface area contributed by atoms with Crippen LogP contribution in [0.15, 0.2) is 54.9 Å². The molecule has 0 bridgehead atoms. The van der Waals surface area contributed by atoms with Gasteiger partial charge in [0.15, 0.2) is 11.3 Å². The third kappa shape index (κ3) is 4.61. The Morgan fingerprint density at radius 2 is 1.82 bits per heavy atom. The molecule has 40 heavy (non-hydrogen) atoms. The highest BCUT2D eigenvalue weighted by molar-refractivity contribution is 6.17. The standard InChI is InChI=1S/C27H23F4N5O4/c1-15(27(29,30)31)35(12-16-3-6-19(28)7-4-16)23(38)14-36-24(39)26(33-25(36)40)10-22(37)20-9-17(5-8-21(20)26)18-11-32-34(2)13-18/h3-9,11,13,15H,10,12,14H2,1-2H3,(H,33,40). The van der Waals surface area contributed by atoms with Crippen LogP contribution in [0.3, 0.4) is 0 Å². The maximum Gasteiger partial charge on any atom is 0.408 e. The molecule has 1 fully saturated rings. The summed E-state index contributed by atoms with van der Waals surface area (Å²) in [6, 6.07) is 6.10. The third-order valence-electron chi connectivity index (χ3n) is 7.24. The number of Topliss-reactive ketones (excluding diaryl/α,β-unsaturated/α-hetero) is 1. The topological polar surface area (TPSA) is 105 Å². The fourth-order valence-electron chi connectivity index (χ4n) is 5.03. The number of urea groups is 1. The van der Waals surface area contributed by atoms with Crippen molar-refractivity contribution in [1.29, 1.82) is 0 Å². The first kappa shape index (κ1) is 27.0. The molecule has 0 saturated carbocycles. The summed E-state index contributed by atoms with van der Waals surface area (Å²) in [6.07, 6.45) is -1.86. The lowest BCUT2D eigenvalue weighted by Crippen LogP contribution is -2.51. The molecule has 4 amide bonds. The minimum Gasteiger partial charge on any atom is -0.325 e. The summed E-state index contributed by atoms with van der Waals surface area (Å²) in [6.45, 7) is -0.737. The molecule has 0 radical (unpaired) electrons. The molecule has 5 rings (SSSR count). The van der Waals surface area contributed by atoms with Crippen LogP contribution in [0, 0.1) is 5.82 Å². The molecule has 1 aliphatic heterocycles. The van der Waals surface area contributed by atoms with Gasteiger partial charge in [-0.05, 0) is 41.8 Å². The number of benzene rings is 2. The van der Waals surface area contributed by atoms with Crippen molar-refractivity contribution in [2.24, 2.45) is 7.05 Å². The molecule has 2 atom stereocenters. The summed E-state index contributed by atoms with van der Waals surface area (Å²) in [5.74, 6) is -3.07. The van der Waals surface area contributed by atoms with E-state index in [0.29, 0.717) is 15.4 Å². The Balaban J connectivity index is 1.41. The van der Waals surface area contributed by atoms with Crippen molar-refractivity contribution in [2.45, 2.75) is 37.6 Å². The van der Waals surface area contributed by atoms with Crippen molar-refractivity contribution in [1.82, 2.24) is 24.9 Å². The van der Waals surface area contributed by atoms with Gasteiger partial charge >= 0.3 is 12.2 Å². The van der Waals surface area contributed by atoms with Crippen molar-refractivity contribution in [3.63, 3.8) is 0 Å². The van der Waals surface area contributed by atoms with Crippen molar-refractivity contribution < 1.29 is 36.7 Å². The maximum absolute atomic E-state index is 13.6. The number of hydrogen-bond donors (Lipinski definition) is 1. The van der Waals surface area contributed by atoms with Crippen LogP contribution in [-0.2, 0) is 28.7 Å². The van der Waals surface area contributed by atoms with Gasteiger partial charge in [-0.25, -0.2) is 9.18 Å². The fourth-order valence-corrected chi connectivity index (χ4v) is 5.03. The van der Waals surface area contributed by atoms with Gasteiger partial charge in [-0.1, -0.05) is 24.3 Å². The van der Waals surface area contributed by atoms with Crippen molar-refractivity contribution in [2.75, 3.05) is 6.54 Å². The number of fused-ring (bicyclic) bond motifs is 2. The third-order valence-corrected chi connectivity index (χ3v) is 7.24. The average Bonchev–Trinajstić information content (AvgIpc) is 3.52. The lowest BCUT2D eigenvalue weighted by molar-refractivity contribution is -0.187. The van der Waals surface area contributed by atoms with Gasteiger partial charge in [0.05, 0.1) is 6.20 Å². The van der Waals surface area contributed by atoms with Crippen LogP contribution in [0.1, 0.15) is 34.8 Å². The van der Waals surface area contributed by atoms with Gasteiger partial charge in [-0.2, -0.15) is 18.3 Å². The van der Waals surface area contributed by atoms with Crippen LogP contribution in [0.5, 0.6) is 0 Å². The molecule has 1 saturated heterocycles. The number of rotatable bonds is 6. The first-order valence-electron chi connectivity index (χ1n) is 12.2. The molecular formula is C27H23F4N5O4. The molecule has 1 aromatic heterocycles. The smallest absolute Gasteiger partial charge is 0.325 e. The Labute approximate surface area is 225 Å². The van der Waals surface area contributed by atoms with E-state index in [2.05, 4.69) is 10.4 Å². The van der Waals surface area contributed by atoms with Crippen molar-refractivity contribution in [3.05, 3.63) is 77.4 Å². The van der Waals surface area contributed by atoms with Crippen molar-refractivity contribution in [3.8, 4) is 11.1 Å². The van der Waals surface area contributed by atoms with E-state index in [9.17, 15) is 36.7 Å². The quantitative estimate of drug-likeness (QED) is 0.369. The number of nitrogens with zero attached hydrogens (tertiary/aromatic N) is 4. The highest BCUT2D eigenvalue weighted by Crippen LogP contribution is 2.42. The number of aryl methyl sites for hydroxylation is 1. The number of aromatic nitrogens is 2. The van der Waals surface area contributed by atoms with Gasteiger partial charge < -0.3 is 10.2 Å². The van der Waals surface area contributed by atoms with E-state index in [1.165, 1.54) is 12.1 Å². The Hall–Kier alpha value is -4.55. The molecule has 3 aromatic rings. The Bertz CT molecular complexity index is 1530. The van der Waals surface area contributed by atoms with Gasteiger partial charge in [0.2, 0.25) is 5.91 Å². The molecule has 1 spiro atoms.